The Morgan fingerprint density at radius 2 is 2.14 bits per heavy atom. The molecule has 0 bridgehead atoms. The number of benzene rings is 1. The van der Waals surface area contributed by atoms with Crippen molar-refractivity contribution in [3.05, 3.63) is 28.8 Å². The van der Waals surface area contributed by atoms with Gasteiger partial charge in [-0.25, -0.2) is 0 Å². The molecule has 0 unspecified atom stereocenters. The number of nitrogens with one attached hydrogen (secondary N) is 1. The van der Waals surface area contributed by atoms with E-state index in [1.807, 2.05) is 18.2 Å². The third-order valence-electron chi connectivity index (χ3n) is 1.94. The van der Waals surface area contributed by atoms with Gasteiger partial charge in [0.25, 0.3) is 0 Å². The highest BCUT2D eigenvalue weighted by Gasteiger charge is 1.98. The molecule has 1 rings (SSSR count). The quantitative estimate of drug-likeness (QED) is 0.754. The fourth-order valence-electron chi connectivity index (χ4n) is 1.21. The molecule has 3 heteroatoms. The van der Waals surface area contributed by atoms with Crippen molar-refractivity contribution in [1.29, 1.82) is 0 Å². The van der Waals surface area contributed by atoms with Crippen LogP contribution in [0.15, 0.2) is 18.2 Å². The Balaban J connectivity index is 2.47. The minimum Gasteiger partial charge on any atom is -0.398 e. The summed E-state index contributed by atoms with van der Waals surface area (Å²) in [6, 6.07) is 5.74. The molecule has 0 saturated carbocycles. The molecule has 78 valence electrons. The predicted octanol–water partition coefficient (Wildman–Crippen LogP) is 2.67. The largest absolute Gasteiger partial charge is 0.398 e. The van der Waals surface area contributed by atoms with Crippen LogP contribution in [-0.4, -0.2) is 6.54 Å². The van der Waals surface area contributed by atoms with Gasteiger partial charge in [-0.05, 0) is 30.2 Å². The van der Waals surface area contributed by atoms with E-state index in [2.05, 4.69) is 19.2 Å². The number of rotatable bonds is 4. The van der Waals surface area contributed by atoms with E-state index in [4.69, 9.17) is 17.3 Å². The summed E-state index contributed by atoms with van der Waals surface area (Å²) < 4.78 is 0. The highest BCUT2D eigenvalue weighted by atomic mass is 35.5. The summed E-state index contributed by atoms with van der Waals surface area (Å²) in [4.78, 5) is 0. The van der Waals surface area contributed by atoms with Gasteiger partial charge in [0.1, 0.15) is 0 Å². The predicted molar refractivity (Wildman–Crippen MR) is 62.4 cm³/mol. The van der Waals surface area contributed by atoms with Gasteiger partial charge in [0, 0.05) is 6.54 Å². The molecule has 0 aliphatic rings. The minimum absolute atomic E-state index is 0.623. The third-order valence-corrected chi connectivity index (χ3v) is 2.29. The molecular weight excluding hydrogens is 196 g/mol. The van der Waals surface area contributed by atoms with Gasteiger partial charge in [0.2, 0.25) is 0 Å². The Morgan fingerprint density at radius 1 is 1.43 bits per heavy atom. The van der Waals surface area contributed by atoms with Crippen LogP contribution in [0.5, 0.6) is 0 Å². The molecule has 0 radical (unpaired) electrons. The fraction of sp³-hybridized carbons (Fsp3) is 0.455. The van der Waals surface area contributed by atoms with Crippen molar-refractivity contribution in [2.45, 2.75) is 20.4 Å². The van der Waals surface area contributed by atoms with Crippen LogP contribution in [0.4, 0.5) is 5.69 Å². The van der Waals surface area contributed by atoms with Crippen LogP contribution in [0.2, 0.25) is 5.02 Å². The summed E-state index contributed by atoms with van der Waals surface area (Å²) in [5.41, 5.74) is 7.51. The van der Waals surface area contributed by atoms with E-state index >= 15 is 0 Å². The lowest BCUT2D eigenvalue weighted by Gasteiger charge is -2.08. The molecule has 1 aromatic rings. The first-order chi connectivity index (χ1) is 6.59. The Kier molecular flexibility index (Phi) is 4.23. The Bertz CT molecular complexity index is 297. The van der Waals surface area contributed by atoms with Gasteiger partial charge in [0.05, 0.1) is 10.7 Å². The second kappa shape index (κ2) is 5.23. The number of nitrogens with two attached hydrogens (primary N) is 1. The van der Waals surface area contributed by atoms with Gasteiger partial charge in [-0.3, -0.25) is 0 Å². The molecule has 0 atom stereocenters. The Labute approximate surface area is 90.4 Å². The molecule has 1 aromatic carbocycles. The summed E-state index contributed by atoms with van der Waals surface area (Å²) in [5, 5.41) is 3.97. The molecule has 0 amide bonds. The topological polar surface area (TPSA) is 38.0 Å². The van der Waals surface area contributed by atoms with Crippen molar-refractivity contribution in [1.82, 2.24) is 5.32 Å². The highest BCUT2D eigenvalue weighted by Crippen LogP contribution is 2.19. The third kappa shape index (κ3) is 3.56. The van der Waals surface area contributed by atoms with E-state index in [1.54, 1.807) is 0 Å². The molecule has 0 heterocycles. The summed E-state index contributed by atoms with van der Waals surface area (Å²) in [5.74, 6) is 0.666. The first-order valence-electron chi connectivity index (χ1n) is 4.84. The van der Waals surface area contributed by atoms with Crippen LogP contribution in [0.3, 0.4) is 0 Å². The normalized spacial score (nSPS) is 10.9. The summed E-state index contributed by atoms with van der Waals surface area (Å²) in [7, 11) is 0. The molecule has 0 spiro atoms. The lowest BCUT2D eigenvalue weighted by atomic mass is 10.2. The Morgan fingerprint density at radius 3 is 2.71 bits per heavy atom. The molecule has 2 nitrogen and oxygen atoms in total. The average molecular weight is 213 g/mol. The van der Waals surface area contributed by atoms with E-state index in [0.717, 1.165) is 13.1 Å². The zero-order valence-electron chi connectivity index (χ0n) is 8.68. The Hall–Kier alpha value is -0.730. The molecule has 0 saturated heterocycles. The average Bonchev–Trinajstić information content (AvgIpc) is 2.10. The van der Waals surface area contributed by atoms with Gasteiger partial charge in [-0.15, -0.1) is 0 Å². The molecular formula is C11H17ClN2. The molecule has 14 heavy (non-hydrogen) atoms. The zero-order valence-corrected chi connectivity index (χ0v) is 9.43. The maximum Gasteiger partial charge on any atom is 0.0635 e. The van der Waals surface area contributed by atoms with Gasteiger partial charge >= 0.3 is 0 Å². The summed E-state index contributed by atoms with van der Waals surface area (Å²) >= 11 is 5.82. The van der Waals surface area contributed by atoms with Crippen LogP contribution < -0.4 is 11.1 Å². The highest BCUT2D eigenvalue weighted by molar-refractivity contribution is 6.33. The van der Waals surface area contributed by atoms with Gasteiger partial charge in [0.15, 0.2) is 0 Å². The van der Waals surface area contributed by atoms with Gasteiger partial charge in [-0.1, -0.05) is 31.5 Å². The first kappa shape index (κ1) is 11.3. The van der Waals surface area contributed by atoms with Crippen molar-refractivity contribution < 1.29 is 0 Å². The van der Waals surface area contributed by atoms with Crippen molar-refractivity contribution in [3.63, 3.8) is 0 Å². The van der Waals surface area contributed by atoms with Gasteiger partial charge < -0.3 is 11.1 Å². The first-order valence-corrected chi connectivity index (χ1v) is 5.22. The minimum atomic E-state index is 0.623. The molecule has 0 fully saturated rings. The van der Waals surface area contributed by atoms with Crippen LogP contribution in [0.1, 0.15) is 19.4 Å². The number of anilines is 1. The van der Waals surface area contributed by atoms with E-state index in [0.29, 0.717) is 16.6 Å². The van der Waals surface area contributed by atoms with Crippen LogP contribution in [-0.2, 0) is 6.54 Å². The van der Waals surface area contributed by atoms with Crippen LogP contribution in [0, 0.1) is 5.92 Å². The van der Waals surface area contributed by atoms with E-state index in [-0.39, 0.29) is 0 Å². The molecule has 0 aliphatic heterocycles. The number of hydrogen-bond acceptors (Lipinski definition) is 2. The molecule has 0 aromatic heterocycles. The maximum absolute atomic E-state index is 5.82. The second-order valence-corrected chi connectivity index (χ2v) is 4.29. The zero-order chi connectivity index (χ0) is 10.6. The van der Waals surface area contributed by atoms with Gasteiger partial charge in [-0.2, -0.15) is 0 Å². The standard InChI is InChI=1S/C11H17ClN2/c1-8(2)6-14-7-9-3-4-10(12)11(13)5-9/h3-5,8,14H,6-7,13H2,1-2H3. The van der Waals surface area contributed by atoms with Crippen molar-refractivity contribution in [2.24, 2.45) is 5.92 Å². The fourth-order valence-corrected chi connectivity index (χ4v) is 1.33. The number of hydrogen-bond donors (Lipinski definition) is 2. The SMILES string of the molecule is CC(C)CNCc1ccc(Cl)c(N)c1. The van der Waals surface area contributed by atoms with Crippen LogP contribution in [0.25, 0.3) is 0 Å². The van der Waals surface area contributed by atoms with E-state index < -0.39 is 0 Å². The smallest absolute Gasteiger partial charge is 0.0635 e. The van der Waals surface area contributed by atoms with Crippen LogP contribution >= 0.6 is 11.6 Å². The van der Waals surface area contributed by atoms with Crippen molar-refractivity contribution in [3.8, 4) is 0 Å². The molecule has 0 aliphatic carbocycles. The number of halogens is 1. The van der Waals surface area contributed by atoms with Crippen molar-refractivity contribution in [2.75, 3.05) is 12.3 Å². The van der Waals surface area contributed by atoms with Crippen molar-refractivity contribution >= 4 is 17.3 Å². The molecule has 3 N–H and O–H groups in total. The summed E-state index contributed by atoms with van der Waals surface area (Å²) in [6.07, 6.45) is 0. The number of nitrogen functional groups attached to an aromatic ring is 1. The monoisotopic (exact) mass is 212 g/mol. The lowest BCUT2D eigenvalue weighted by molar-refractivity contribution is 0.552. The maximum atomic E-state index is 5.82. The van der Waals surface area contributed by atoms with E-state index in [9.17, 15) is 0 Å². The van der Waals surface area contributed by atoms with E-state index in [1.165, 1.54) is 5.56 Å². The summed E-state index contributed by atoms with van der Waals surface area (Å²) in [6.45, 7) is 6.23. The second-order valence-electron chi connectivity index (χ2n) is 3.88. The lowest BCUT2D eigenvalue weighted by Crippen LogP contribution is -2.18.